The largest absolute Gasteiger partial charge is 0.456 e. The summed E-state index contributed by atoms with van der Waals surface area (Å²) in [7, 11) is 0. The van der Waals surface area contributed by atoms with Gasteiger partial charge in [0, 0.05) is 36.1 Å². The maximum Gasteiger partial charge on any atom is 0.253 e. The van der Waals surface area contributed by atoms with E-state index in [-0.39, 0.29) is 5.91 Å². The summed E-state index contributed by atoms with van der Waals surface area (Å²) < 4.78 is 16.6. The van der Waals surface area contributed by atoms with E-state index in [0.717, 1.165) is 34.6 Å². The van der Waals surface area contributed by atoms with Crippen LogP contribution in [0.3, 0.4) is 0 Å². The van der Waals surface area contributed by atoms with Gasteiger partial charge in [-0.25, -0.2) is 0 Å². The van der Waals surface area contributed by atoms with Gasteiger partial charge in [0.15, 0.2) is 5.76 Å². The first-order valence-corrected chi connectivity index (χ1v) is 9.24. The van der Waals surface area contributed by atoms with Crippen molar-refractivity contribution in [3.8, 4) is 11.3 Å². The number of hydrogen-bond donors (Lipinski definition) is 2. The predicted octanol–water partition coefficient (Wildman–Crippen LogP) is 3.17. The maximum absolute atomic E-state index is 12.0. The Morgan fingerprint density at radius 3 is 2.86 bits per heavy atom. The molecule has 7 heteroatoms. The number of rotatable bonds is 4. The Kier molecular flexibility index (Phi) is 4.31. The lowest BCUT2D eigenvalue weighted by molar-refractivity contribution is -0.0589. The summed E-state index contributed by atoms with van der Waals surface area (Å²) in [5, 5.41) is 2.86. The molecule has 5 rings (SSSR count). The van der Waals surface area contributed by atoms with Gasteiger partial charge < -0.3 is 24.2 Å². The van der Waals surface area contributed by atoms with Gasteiger partial charge in [-0.1, -0.05) is 0 Å². The Morgan fingerprint density at radius 1 is 1.11 bits per heavy atom. The highest BCUT2D eigenvalue weighted by atomic mass is 16.7. The van der Waals surface area contributed by atoms with E-state index in [1.807, 2.05) is 42.5 Å². The lowest BCUT2D eigenvalue weighted by atomic mass is 10.1. The highest BCUT2D eigenvalue weighted by Gasteiger charge is 2.21. The van der Waals surface area contributed by atoms with Crippen LogP contribution in [0.15, 0.2) is 40.9 Å². The van der Waals surface area contributed by atoms with Crippen LogP contribution in [-0.4, -0.2) is 35.6 Å². The Bertz CT molecular complexity index is 1040. The van der Waals surface area contributed by atoms with Crippen molar-refractivity contribution in [3.63, 3.8) is 0 Å². The third-order valence-corrected chi connectivity index (χ3v) is 4.82. The Hall–Kier alpha value is -3.16. The standard InChI is InChI=1S/C21H19N3O4/c25-20-16-12-18(24-17(16)6-8-23-20)13-5-7-22-14(11-13)1-2-15-3-4-19(28-15)21-26-9-10-27-21/h1-5,7,11-12,21,24H,6,8-10H2,(H,23,25)/b2-1-. The minimum atomic E-state index is -0.417. The van der Waals surface area contributed by atoms with Crippen LogP contribution in [0.25, 0.3) is 23.4 Å². The number of pyridine rings is 1. The molecule has 1 fully saturated rings. The van der Waals surface area contributed by atoms with Crippen molar-refractivity contribution >= 4 is 18.1 Å². The number of carbonyl (C=O) groups is 1. The van der Waals surface area contributed by atoms with Gasteiger partial charge in [-0.2, -0.15) is 0 Å². The van der Waals surface area contributed by atoms with Crippen molar-refractivity contribution in [2.45, 2.75) is 12.7 Å². The lowest BCUT2D eigenvalue weighted by Gasteiger charge is -2.10. The molecule has 0 atom stereocenters. The van der Waals surface area contributed by atoms with Crippen LogP contribution in [0.4, 0.5) is 0 Å². The molecule has 3 aromatic rings. The van der Waals surface area contributed by atoms with Crippen LogP contribution < -0.4 is 5.32 Å². The van der Waals surface area contributed by atoms with E-state index in [1.54, 1.807) is 6.20 Å². The van der Waals surface area contributed by atoms with E-state index >= 15 is 0 Å². The van der Waals surface area contributed by atoms with E-state index in [0.29, 0.717) is 31.3 Å². The summed E-state index contributed by atoms with van der Waals surface area (Å²) in [4.78, 5) is 19.7. The first-order valence-electron chi connectivity index (χ1n) is 9.24. The van der Waals surface area contributed by atoms with Crippen LogP contribution in [0.1, 0.15) is 39.6 Å². The maximum atomic E-state index is 12.0. The van der Waals surface area contributed by atoms with Crippen LogP contribution in [0.5, 0.6) is 0 Å². The minimum Gasteiger partial charge on any atom is -0.456 e. The highest BCUT2D eigenvalue weighted by Crippen LogP contribution is 2.27. The summed E-state index contributed by atoms with van der Waals surface area (Å²) in [6.45, 7) is 1.83. The number of ether oxygens (including phenoxy) is 2. The van der Waals surface area contributed by atoms with Crippen molar-refractivity contribution < 1.29 is 18.7 Å². The second kappa shape index (κ2) is 7.10. The topological polar surface area (TPSA) is 89.4 Å². The zero-order chi connectivity index (χ0) is 18.9. The summed E-state index contributed by atoms with van der Waals surface area (Å²) in [5.74, 6) is 1.34. The van der Waals surface area contributed by atoms with Gasteiger partial charge in [0.05, 0.1) is 24.5 Å². The third-order valence-electron chi connectivity index (χ3n) is 4.82. The average molecular weight is 377 g/mol. The Balaban J connectivity index is 1.36. The summed E-state index contributed by atoms with van der Waals surface area (Å²) >= 11 is 0. The molecule has 0 radical (unpaired) electrons. The zero-order valence-electron chi connectivity index (χ0n) is 15.1. The quantitative estimate of drug-likeness (QED) is 0.729. The van der Waals surface area contributed by atoms with Crippen LogP contribution >= 0.6 is 0 Å². The molecule has 1 saturated heterocycles. The number of amides is 1. The van der Waals surface area contributed by atoms with E-state index in [9.17, 15) is 4.79 Å². The molecular weight excluding hydrogens is 358 g/mol. The number of furan rings is 1. The normalized spacial score (nSPS) is 17.2. The molecule has 5 heterocycles. The molecule has 142 valence electrons. The van der Waals surface area contributed by atoms with Crippen LogP contribution in [-0.2, 0) is 15.9 Å². The molecule has 3 aromatic heterocycles. The monoisotopic (exact) mass is 377 g/mol. The minimum absolute atomic E-state index is 0.0261. The lowest BCUT2D eigenvalue weighted by Crippen LogP contribution is -2.31. The second-order valence-electron chi connectivity index (χ2n) is 6.70. The van der Waals surface area contributed by atoms with Crippen molar-refractivity contribution in [1.29, 1.82) is 0 Å². The number of nitrogens with zero attached hydrogens (tertiary/aromatic N) is 1. The Labute approximate surface area is 161 Å². The number of fused-ring (bicyclic) bond motifs is 1. The first kappa shape index (κ1) is 17.0. The molecule has 0 bridgehead atoms. The van der Waals surface area contributed by atoms with Gasteiger partial charge in [0.1, 0.15) is 5.76 Å². The van der Waals surface area contributed by atoms with Gasteiger partial charge in [0.25, 0.3) is 5.91 Å². The molecule has 7 nitrogen and oxygen atoms in total. The average Bonchev–Trinajstić information content (AvgIpc) is 3.46. The van der Waals surface area contributed by atoms with Crippen molar-refractivity contribution in [2.24, 2.45) is 0 Å². The Morgan fingerprint density at radius 2 is 2.00 bits per heavy atom. The third kappa shape index (κ3) is 3.26. The molecule has 2 aliphatic rings. The van der Waals surface area contributed by atoms with Gasteiger partial charge in [-0.05, 0) is 42.5 Å². The molecule has 0 aliphatic carbocycles. The smallest absolute Gasteiger partial charge is 0.253 e. The molecule has 0 aromatic carbocycles. The van der Waals surface area contributed by atoms with Crippen molar-refractivity contribution in [1.82, 2.24) is 15.3 Å². The molecule has 1 amide bonds. The van der Waals surface area contributed by atoms with E-state index < -0.39 is 6.29 Å². The SMILES string of the molecule is O=C1NCCc2[nH]c(-c3ccnc(/C=C\c4ccc(C5OCCO5)o4)c3)cc21. The van der Waals surface area contributed by atoms with Gasteiger partial charge in [0.2, 0.25) is 6.29 Å². The number of nitrogens with one attached hydrogen (secondary N) is 2. The summed E-state index contributed by atoms with van der Waals surface area (Å²) in [5.41, 5.74) is 4.38. The molecular formula is C21H19N3O4. The fraction of sp³-hybridized carbons (Fsp3) is 0.238. The van der Waals surface area contributed by atoms with E-state index in [2.05, 4.69) is 15.3 Å². The number of H-pyrrole nitrogens is 1. The van der Waals surface area contributed by atoms with Gasteiger partial charge in [-0.3, -0.25) is 9.78 Å². The molecule has 2 N–H and O–H groups in total. The zero-order valence-corrected chi connectivity index (χ0v) is 15.1. The second-order valence-corrected chi connectivity index (χ2v) is 6.70. The van der Waals surface area contributed by atoms with E-state index in [4.69, 9.17) is 13.9 Å². The molecule has 2 aliphatic heterocycles. The molecule has 0 unspecified atom stereocenters. The van der Waals surface area contributed by atoms with Crippen LogP contribution in [0.2, 0.25) is 0 Å². The molecule has 28 heavy (non-hydrogen) atoms. The molecule has 0 saturated carbocycles. The number of hydrogen-bond acceptors (Lipinski definition) is 5. The molecule has 0 spiro atoms. The van der Waals surface area contributed by atoms with E-state index in [1.165, 1.54) is 0 Å². The predicted molar refractivity (Wildman–Crippen MR) is 102 cm³/mol. The van der Waals surface area contributed by atoms with Gasteiger partial charge in [-0.15, -0.1) is 0 Å². The summed E-state index contributed by atoms with van der Waals surface area (Å²) in [6, 6.07) is 9.52. The first-order chi connectivity index (χ1) is 13.8. The summed E-state index contributed by atoms with van der Waals surface area (Å²) in [6.07, 6.45) is 5.90. The van der Waals surface area contributed by atoms with Gasteiger partial charge >= 0.3 is 0 Å². The fourth-order valence-electron chi connectivity index (χ4n) is 3.43. The van der Waals surface area contributed by atoms with Crippen molar-refractivity contribution in [2.75, 3.05) is 19.8 Å². The fourth-order valence-corrected chi connectivity index (χ4v) is 3.43. The number of carbonyl (C=O) groups excluding carboxylic acids is 1. The number of aromatic amines is 1. The van der Waals surface area contributed by atoms with Crippen LogP contribution in [0, 0.1) is 0 Å². The highest BCUT2D eigenvalue weighted by molar-refractivity contribution is 5.97. The number of aromatic nitrogens is 2. The van der Waals surface area contributed by atoms with Crippen molar-refractivity contribution in [3.05, 3.63) is 65.0 Å².